The molecule has 1 aliphatic rings. The van der Waals surface area contributed by atoms with Crippen molar-refractivity contribution in [3.8, 4) is 22.9 Å². The number of nitrogens with zero attached hydrogens (tertiary/aromatic N) is 3. The Hall–Kier alpha value is -3.08. The first kappa shape index (κ1) is 27.5. The van der Waals surface area contributed by atoms with Gasteiger partial charge in [-0.2, -0.15) is 0 Å². The highest BCUT2D eigenvalue weighted by Crippen LogP contribution is 2.38. The van der Waals surface area contributed by atoms with Gasteiger partial charge in [-0.3, -0.25) is 0 Å². The summed E-state index contributed by atoms with van der Waals surface area (Å²) in [5, 5.41) is 8.53. The Morgan fingerprint density at radius 2 is 2.03 bits per heavy atom. The molecular formula is C29H32BrN5O3S. The zero-order valence-electron chi connectivity index (χ0n) is 22.1. The summed E-state index contributed by atoms with van der Waals surface area (Å²) in [7, 11) is -3.20. The molecule has 1 aliphatic heterocycles. The number of piperidine rings is 1. The lowest BCUT2D eigenvalue weighted by Crippen LogP contribution is -2.38. The molecule has 0 unspecified atom stereocenters. The number of nitrogens with one attached hydrogen (secondary N) is 2. The summed E-state index contributed by atoms with van der Waals surface area (Å²) in [6, 6.07) is 13.7. The van der Waals surface area contributed by atoms with Gasteiger partial charge >= 0.3 is 0 Å². The van der Waals surface area contributed by atoms with Gasteiger partial charge in [-0.15, -0.1) is 0 Å². The Kier molecular flexibility index (Phi) is 8.44. The molecule has 0 bridgehead atoms. The van der Waals surface area contributed by atoms with Crippen LogP contribution in [-0.2, 0) is 15.6 Å². The van der Waals surface area contributed by atoms with Crippen molar-refractivity contribution in [1.29, 1.82) is 0 Å². The minimum Gasteiger partial charge on any atom is -0.437 e. The van der Waals surface area contributed by atoms with E-state index in [0.717, 1.165) is 57.9 Å². The van der Waals surface area contributed by atoms with Crippen LogP contribution in [0.1, 0.15) is 37.3 Å². The average molecular weight is 611 g/mol. The Balaban J connectivity index is 1.51. The van der Waals surface area contributed by atoms with E-state index < -0.39 is 9.84 Å². The summed E-state index contributed by atoms with van der Waals surface area (Å²) >= 11 is 3.54. The zero-order chi connectivity index (χ0) is 27.4. The first-order chi connectivity index (χ1) is 18.8. The Morgan fingerprint density at radius 1 is 1.15 bits per heavy atom. The van der Waals surface area contributed by atoms with Crippen LogP contribution in [0.4, 0.5) is 5.95 Å². The van der Waals surface area contributed by atoms with Crippen LogP contribution in [0.5, 0.6) is 11.6 Å². The van der Waals surface area contributed by atoms with Crippen LogP contribution in [0.15, 0.2) is 59.3 Å². The van der Waals surface area contributed by atoms with Crippen molar-refractivity contribution in [1.82, 2.24) is 20.3 Å². The molecule has 3 heterocycles. The molecule has 4 aromatic rings. The van der Waals surface area contributed by atoms with E-state index >= 15 is 0 Å². The summed E-state index contributed by atoms with van der Waals surface area (Å²) in [4.78, 5) is 13.8. The van der Waals surface area contributed by atoms with Crippen LogP contribution in [0.3, 0.4) is 0 Å². The molecule has 8 nitrogen and oxygen atoms in total. The van der Waals surface area contributed by atoms with Gasteiger partial charge in [0.15, 0.2) is 9.84 Å². The molecule has 2 aromatic carbocycles. The van der Waals surface area contributed by atoms with Gasteiger partial charge in [0.05, 0.1) is 22.8 Å². The van der Waals surface area contributed by atoms with Gasteiger partial charge in [0, 0.05) is 34.8 Å². The monoisotopic (exact) mass is 609 g/mol. The van der Waals surface area contributed by atoms with E-state index in [-0.39, 0.29) is 17.5 Å². The van der Waals surface area contributed by atoms with Gasteiger partial charge in [0.25, 0.3) is 0 Å². The molecule has 5 rings (SSSR count). The van der Waals surface area contributed by atoms with Crippen LogP contribution in [0.25, 0.3) is 22.0 Å². The summed E-state index contributed by atoms with van der Waals surface area (Å²) in [5.74, 6) is 1.76. The number of hydrogen-bond donors (Lipinski definition) is 2. The fourth-order valence-corrected chi connectivity index (χ4v) is 6.73. The van der Waals surface area contributed by atoms with Gasteiger partial charge in [0.2, 0.25) is 11.8 Å². The van der Waals surface area contributed by atoms with Crippen molar-refractivity contribution < 1.29 is 13.2 Å². The quantitative estimate of drug-likeness (QED) is 0.236. The summed E-state index contributed by atoms with van der Waals surface area (Å²) < 4.78 is 32.5. The molecule has 1 fully saturated rings. The van der Waals surface area contributed by atoms with Crippen LogP contribution in [0.2, 0.25) is 0 Å². The van der Waals surface area contributed by atoms with Gasteiger partial charge in [0.1, 0.15) is 5.75 Å². The van der Waals surface area contributed by atoms with Crippen molar-refractivity contribution in [3.05, 3.63) is 70.5 Å². The van der Waals surface area contributed by atoms with Crippen molar-refractivity contribution in [2.75, 3.05) is 24.2 Å². The Labute approximate surface area is 237 Å². The van der Waals surface area contributed by atoms with Crippen LogP contribution >= 0.6 is 15.9 Å². The molecule has 0 radical (unpaired) electrons. The highest BCUT2D eigenvalue weighted by Gasteiger charge is 2.19. The number of benzene rings is 2. The van der Waals surface area contributed by atoms with E-state index in [1.807, 2.05) is 56.3 Å². The number of rotatable bonds is 9. The molecule has 39 heavy (non-hydrogen) atoms. The summed E-state index contributed by atoms with van der Waals surface area (Å²) in [6.45, 7) is 5.76. The third kappa shape index (κ3) is 6.57. The topological polar surface area (TPSA) is 106 Å². The average Bonchev–Trinajstić information content (AvgIpc) is 2.91. The first-order valence-corrected chi connectivity index (χ1v) is 15.8. The lowest BCUT2D eigenvalue weighted by atomic mass is 10.0. The molecule has 0 spiro atoms. The lowest BCUT2D eigenvalue weighted by Gasteiger charge is -2.23. The maximum absolute atomic E-state index is 12.6. The molecule has 2 N–H and O–H groups in total. The van der Waals surface area contributed by atoms with Crippen molar-refractivity contribution in [2.24, 2.45) is 0 Å². The van der Waals surface area contributed by atoms with E-state index in [4.69, 9.17) is 9.72 Å². The first-order valence-electron chi connectivity index (χ1n) is 13.2. The lowest BCUT2D eigenvalue weighted by molar-refractivity contribution is 0.466. The third-order valence-corrected chi connectivity index (χ3v) is 8.98. The molecular weight excluding hydrogens is 578 g/mol. The number of halogens is 1. The second kappa shape index (κ2) is 12.0. The van der Waals surface area contributed by atoms with Gasteiger partial charge in [-0.25, -0.2) is 23.4 Å². The zero-order valence-corrected chi connectivity index (χ0v) is 24.5. The molecule has 0 aliphatic carbocycles. The number of hydrogen-bond acceptors (Lipinski definition) is 8. The van der Waals surface area contributed by atoms with Crippen LogP contribution in [0, 0.1) is 6.92 Å². The molecule has 10 heteroatoms. The van der Waals surface area contributed by atoms with Crippen molar-refractivity contribution in [2.45, 2.75) is 44.9 Å². The normalized spacial score (nSPS) is 15.8. The van der Waals surface area contributed by atoms with Gasteiger partial charge in [-0.1, -0.05) is 37.3 Å². The molecule has 1 saturated heterocycles. The number of sulfone groups is 1. The number of aromatic nitrogens is 3. The van der Waals surface area contributed by atoms with Gasteiger partial charge in [-0.05, 0) is 77.3 Å². The largest absolute Gasteiger partial charge is 0.437 e. The maximum atomic E-state index is 12.6. The fraction of sp³-hybridized carbons (Fsp3) is 0.345. The van der Waals surface area contributed by atoms with E-state index in [2.05, 4.69) is 36.5 Å². The second-order valence-corrected chi connectivity index (χ2v) is 13.0. The molecule has 1 atom stereocenters. The maximum Gasteiger partial charge on any atom is 0.228 e. The summed E-state index contributed by atoms with van der Waals surface area (Å²) in [6.07, 6.45) is 6.20. The number of aryl methyl sites for hydroxylation is 1. The van der Waals surface area contributed by atoms with Gasteiger partial charge < -0.3 is 15.4 Å². The Bertz CT molecular complexity index is 1590. The molecule has 0 saturated carbocycles. The predicted molar refractivity (Wildman–Crippen MR) is 159 cm³/mol. The molecule has 2 aromatic heterocycles. The SMILES string of the molecule is CCCS(=O)(=O)Cc1cccc2c(Oc3ncc(Br)cc3-c3ccnc(N[C@H]4CCCNC4)n3)c(C)ccc12. The number of anilines is 1. The Morgan fingerprint density at radius 3 is 2.82 bits per heavy atom. The van der Waals surface area contributed by atoms with Crippen molar-refractivity contribution in [3.63, 3.8) is 0 Å². The highest BCUT2D eigenvalue weighted by atomic mass is 79.9. The number of fused-ring (bicyclic) bond motifs is 1. The van der Waals surface area contributed by atoms with Crippen LogP contribution < -0.4 is 15.4 Å². The van der Waals surface area contributed by atoms with E-state index in [0.29, 0.717) is 29.7 Å². The fourth-order valence-electron chi connectivity index (χ4n) is 4.91. The third-order valence-electron chi connectivity index (χ3n) is 6.77. The van der Waals surface area contributed by atoms with E-state index in [1.165, 1.54) is 0 Å². The molecule has 204 valence electrons. The molecule has 0 amide bonds. The van der Waals surface area contributed by atoms with Crippen LogP contribution in [-0.4, -0.2) is 48.3 Å². The number of ether oxygens (including phenoxy) is 1. The second-order valence-electron chi connectivity index (χ2n) is 9.88. The predicted octanol–water partition coefficient (Wildman–Crippen LogP) is 6.04. The van der Waals surface area contributed by atoms with Crippen molar-refractivity contribution >= 4 is 42.5 Å². The number of pyridine rings is 1. The highest BCUT2D eigenvalue weighted by molar-refractivity contribution is 9.10. The minimum absolute atomic E-state index is 0.00427. The summed E-state index contributed by atoms with van der Waals surface area (Å²) in [5.41, 5.74) is 3.08. The minimum atomic E-state index is -3.20. The smallest absolute Gasteiger partial charge is 0.228 e. The standard InChI is InChI=1S/C29H32BrN5O3S/c1-3-14-39(36,37)18-20-6-4-8-24-23(20)10-9-19(2)27(24)38-28-25(15-21(30)16-33-28)26-11-13-32-29(35-26)34-22-7-5-12-31-17-22/h4,6,8-11,13,15-16,22,31H,3,5,7,12,14,17-18H2,1-2H3,(H,32,34,35)/t22-/m0/s1. The van der Waals surface area contributed by atoms with E-state index in [9.17, 15) is 8.42 Å². The van der Waals surface area contributed by atoms with E-state index in [1.54, 1.807) is 12.4 Å².